The van der Waals surface area contributed by atoms with Crippen LogP contribution in [0, 0.1) is 0 Å². The highest BCUT2D eigenvalue weighted by Crippen LogP contribution is 2.15. The first-order valence-electron chi connectivity index (χ1n) is 4.43. The molecule has 0 saturated carbocycles. The van der Waals surface area contributed by atoms with Gasteiger partial charge < -0.3 is 10.5 Å². The van der Waals surface area contributed by atoms with Crippen LogP contribution in [0.1, 0.15) is 30.1 Å². The third kappa shape index (κ3) is 3.42. The Morgan fingerprint density at radius 3 is 3.00 bits per heavy atom. The number of nitrogens with zero attached hydrogens (tertiary/aromatic N) is 1. The quantitative estimate of drug-likeness (QED) is 0.736. The highest BCUT2D eigenvalue weighted by Gasteiger charge is 2.04. The molecule has 3 nitrogen and oxygen atoms in total. The maximum atomic E-state index is 5.70. The van der Waals surface area contributed by atoms with Crippen LogP contribution < -0.4 is 5.73 Å². The molecule has 2 N–H and O–H groups in total. The van der Waals surface area contributed by atoms with E-state index >= 15 is 0 Å². The van der Waals surface area contributed by atoms with E-state index in [2.05, 4.69) is 4.98 Å². The van der Waals surface area contributed by atoms with E-state index < -0.39 is 0 Å². The Bertz CT molecular complexity index is 248. The summed E-state index contributed by atoms with van der Waals surface area (Å²) in [5.74, 6) is 0. The van der Waals surface area contributed by atoms with E-state index in [1.54, 1.807) is 18.4 Å². The predicted molar refractivity (Wildman–Crippen MR) is 54.9 cm³/mol. The number of thiazole rings is 1. The van der Waals surface area contributed by atoms with Gasteiger partial charge in [0.25, 0.3) is 0 Å². The Kier molecular flexibility index (Phi) is 4.35. The second-order valence-corrected chi connectivity index (χ2v) is 3.99. The molecule has 13 heavy (non-hydrogen) atoms. The van der Waals surface area contributed by atoms with Gasteiger partial charge in [-0.3, -0.25) is 0 Å². The van der Waals surface area contributed by atoms with Gasteiger partial charge in [-0.2, -0.15) is 0 Å². The van der Waals surface area contributed by atoms with Gasteiger partial charge >= 0.3 is 0 Å². The van der Waals surface area contributed by atoms with Gasteiger partial charge in [0.15, 0.2) is 0 Å². The van der Waals surface area contributed by atoms with E-state index in [9.17, 15) is 0 Å². The fourth-order valence-corrected chi connectivity index (χ4v) is 1.96. The van der Waals surface area contributed by atoms with Crippen molar-refractivity contribution in [3.05, 3.63) is 16.1 Å². The van der Waals surface area contributed by atoms with Gasteiger partial charge in [0.05, 0.1) is 10.7 Å². The minimum absolute atomic E-state index is 0.0485. The summed E-state index contributed by atoms with van der Waals surface area (Å²) in [5, 5.41) is 3.19. The molecular weight excluding hydrogens is 184 g/mol. The molecule has 1 aromatic rings. The zero-order valence-electron chi connectivity index (χ0n) is 8.12. The van der Waals surface area contributed by atoms with Crippen molar-refractivity contribution in [2.45, 2.75) is 25.8 Å². The lowest BCUT2D eigenvalue weighted by molar-refractivity contribution is 0.195. The zero-order chi connectivity index (χ0) is 9.68. The van der Waals surface area contributed by atoms with Gasteiger partial charge in [-0.25, -0.2) is 4.98 Å². The van der Waals surface area contributed by atoms with Crippen LogP contribution in [0.15, 0.2) is 5.38 Å². The summed E-state index contributed by atoms with van der Waals surface area (Å²) in [5.41, 5.74) is 6.70. The molecule has 0 fully saturated rings. The van der Waals surface area contributed by atoms with E-state index in [-0.39, 0.29) is 6.04 Å². The molecule has 0 aliphatic carbocycles. The number of aromatic nitrogens is 1. The van der Waals surface area contributed by atoms with Crippen molar-refractivity contribution in [1.82, 2.24) is 4.98 Å². The lowest BCUT2D eigenvalue weighted by Gasteiger charge is -1.98. The summed E-state index contributed by atoms with van der Waals surface area (Å²) in [4.78, 5) is 4.42. The van der Waals surface area contributed by atoms with Crippen LogP contribution >= 0.6 is 11.3 Å². The molecule has 0 aliphatic rings. The van der Waals surface area contributed by atoms with Crippen LogP contribution in [-0.4, -0.2) is 18.7 Å². The summed E-state index contributed by atoms with van der Waals surface area (Å²) in [6.07, 6.45) is 2.02. The number of methoxy groups -OCH3 is 1. The number of nitrogens with two attached hydrogens (primary N) is 1. The van der Waals surface area contributed by atoms with Crippen molar-refractivity contribution in [2.24, 2.45) is 5.73 Å². The second kappa shape index (κ2) is 5.32. The molecule has 1 unspecified atom stereocenters. The molecule has 1 atom stereocenters. The Labute approximate surface area is 82.9 Å². The zero-order valence-corrected chi connectivity index (χ0v) is 8.93. The number of ether oxygens (including phenoxy) is 1. The minimum Gasteiger partial charge on any atom is -0.385 e. The van der Waals surface area contributed by atoms with Gasteiger partial charge in [0.2, 0.25) is 0 Å². The topological polar surface area (TPSA) is 48.1 Å². The summed E-state index contributed by atoms with van der Waals surface area (Å²) < 4.78 is 4.97. The number of hydrogen-bond donors (Lipinski definition) is 1. The molecule has 1 heterocycles. The van der Waals surface area contributed by atoms with Crippen molar-refractivity contribution in [2.75, 3.05) is 13.7 Å². The third-order valence-corrected chi connectivity index (χ3v) is 2.70. The first-order chi connectivity index (χ1) is 6.24. The molecule has 74 valence electrons. The maximum absolute atomic E-state index is 5.70. The lowest BCUT2D eigenvalue weighted by atomic mass is 10.3. The van der Waals surface area contributed by atoms with E-state index in [0.717, 1.165) is 30.2 Å². The van der Waals surface area contributed by atoms with Crippen molar-refractivity contribution in [3.8, 4) is 0 Å². The van der Waals surface area contributed by atoms with Crippen LogP contribution in [0.3, 0.4) is 0 Å². The smallest absolute Gasteiger partial charge is 0.0929 e. The van der Waals surface area contributed by atoms with Crippen molar-refractivity contribution in [3.63, 3.8) is 0 Å². The van der Waals surface area contributed by atoms with Gasteiger partial charge in [-0.1, -0.05) is 0 Å². The van der Waals surface area contributed by atoms with Crippen LogP contribution in [0.2, 0.25) is 0 Å². The molecule has 1 rings (SSSR count). The standard InChI is InChI=1S/C9H16N2OS/c1-7(10)8-6-13-9(11-8)4-3-5-12-2/h6-7H,3-5,10H2,1-2H3. The predicted octanol–water partition coefficient (Wildman–Crippen LogP) is 1.74. The molecule has 0 aliphatic heterocycles. The van der Waals surface area contributed by atoms with Gasteiger partial charge in [0.1, 0.15) is 0 Å². The molecular formula is C9H16N2OS. The van der Waals surface area contributed by atoms with Crippen molar-refractivity contribution < 1.29 is 4.74 Å². The molecule has 0 spiro atoms. The van der Waals surface area contributed by atoms with Crippen LogP contribution in [0.25, 0.3) is 0 Å². The average molecular weight is 200 g/mol. The molecule has 0 aromatic carbocycles. The average Bonchev–Trinajstić information content (AvgIpc) is 2.53. The third-order valence-electron chi connectivity index (χ3n) is 1.78. The van der Waals surface area contributed by atoms with E-state index in [0.29, 0.717) is 0 Å². The number of rotatable bonds is 5. The Balaban J connectivity index is 2.40. The number of hydrogen-bond acceptors (Lipinski definition) is 4. The molecule has 0 saturated heterocycles. The summed E-state index contributed by atoms with van der Waals surface area (Å²) in [7, 11) is 1.72. The Morgan fingerprint density at radius 2 is 2.46 bits per heavy atom. The largest absolute Gasteiger partial charge is 0.385 e. The van der Waals surface area contributed by atoms with E-state index in [4.69, 9.17) is 10.5 Å². The highest BCUT2D eigenvalue weighted by molar-refractivity contribution is 7.09. The SMILES string of the molecule is COCCCc1nc(C(C)N)cs1. The fraction of sp³-hybridized carbons (Fsp3) is 0.667. The summed E-state index contributed by atoms with van der Waals surface area (Å²) in [6.45, 7) is 2.75. The summed E-state index contributed by atoms with van der Waals surface area (Å²) in [6, 6.07) is 0.0485. The van der Waals surface area contributed by atoms with Crippen LogP contribution in [0.4, 0.5) is 0 Å². The van der Waals surface area contributed by atoms with Crippen LogP contribution in [-0.2, 0) is 11.2 Å². The summed E-state index contributed by atoms with van der Waals surface area (Å²) >= 11 is 1.68. The normalized spacial score (nSPS) is 13.2. The molecule has 1 aromatic heterocycles. The minimum atomic E-state index is 0.0485. The molecule has 0 amide bonds. The van der Waals surface area contributed by atoms with Gasteiger partial charge in [-0.15, -0.1) is 11.3 Å². The Morgan fingerprint density at radius 1 is 1.69 bits per heavy atom. The van der Waals surface area contributed by atoms with Crippen LogP contribution in [0.5, 0.6) is 0 Å². The molecule has 0 radical (unpaired) electrons. The fourth-order valence-electron chi connectivity index (χ4n) is 1.02. The maximum Gasteiger partial charge on any atom is 0.0929 e. The van der Waals surface area contributed by atoms with Crippen molar-refractivity contribution in [1.29, 1.82) is 0 Å². The second-order valence-electron chi connectivity index (χ2n) is 3.05. The molecule has 4 heteroatoms. The van der Waals surface area contributed by atoms with Crippen molar-refractivity contribution >= 4 is 11.3 Å². The van der Waals surface area contributed by atoms with E-state index in [1.807, 2.05) is 12.3 Å². The lowest BCUT2D eigenvalue weighted by Crippen LogP contribution is -2.05. The molecule has 0 bridgehead atoms. The monoisotopic (exact) mass is 200 g/mol. The highest BCUT2D eigenvalue weighted by atomic mass is 32.1. The first kappa shape index (κ1) is 10.6. The van der Waals surface area contributed by atoms with E-state index in [1.165, 1.54) is 0 Å². The van der Waals surface area contributed by atoms with Gasteiger partial charge in [0, 0.05) is 31.6 Å². The number of aryl methyl sites for hydroxylation is 1. The van der Waals surface area contributed by atoms with Gasteiger partial charge in [-0.05, 0) is 13.3 Å². The Hall–Kier alpha value is -0.450. The first-order valence-corrected chi connectivity index (χ1v) is 5.31.